The SMILES string of the molecule is Cc1ccc(N(c2ccc(C)cc2)c2ccc3c(c2)Sc2ccc(N(c4ccc(C)cc4)c4ccc(C)cc4)cc2S3)cc1. The average Bonchev–Trinajstić information content (AvgIpc) is 3.04. The van der Waals surface area contributed by atoms with Crippen molar-refractivity contribution in [3.05, 3.63) is 156 Å². The van der Waals surface area contributed by atoms with Gasteiger partial charge in [-0.2, -0.15) is 0 Å². The smallest absolute Gasteiger partial charge is 0.0473 e. The van der Waals surface area contributed by atoms with Crippen LogP contribution in [0.2, 0.25) is 0 Å². The molecule has 0 saturated heterocycles. The van der Waals surface area contributed by atoms with Crippen molar-refractivity contribution in [3.8, 4) is 0 Å². The van der Waals surface area contributed by atoms with Crippen LogP contribution in [0.25, 0.3) is 0 Å². The molecule has 0 aliphatic carbocycles. The number of anilines is 6. The number of aryl methyl sites for hydroxylation is 4. The normalized spacial score (nSPS) is 11.9. The molecule has 0 amide bonds. The molecular weight excluding hydrogens is 573 g/mol. The summed E-state index contributed by atoms with van der Waals surface area (Å²) in [4.78, 5) is 9.84. The number of hydrogen-bond donors (Lipinski definition) is 0. The molecule has 0 fully saturated rings. The molecule has 2 nitrogen and oxygen atoms in total. The highest BCUT2D eigenvalue weighted by Crippen LogP contribution is 2.52. The lowest BCUT2D eigenvalue weighted by Crippen LogP contribution is -2.11. The molecule has 0 atom stereocenters. The fourth-order valence-electron chi connectivity index (χ4n) is 5.51. The summed E-state index contributed by atoms with van der Waals surface area (Å²) in [6.45, 7) is 8.54. The van der Waals surface area contributed by atoms with Crippen LogP contribution in [-0.2, 0) is 0 Å². The zero-order chi connectivity index (χ0) is 30.2. The minimum Gasteiger partial charge on any atom is -0.310 e. The second kappa shape index (κ2) is 12.0. The van der Waals surface area contributed by atoms with Crippen LogP contribution >= 0.6 is 23.5 Å². The van der Waals surface area contributed by atoms with Gasteiger partial charge in [0, 0.05) is 53.7 Å². The van der Waals surface area contributed by atoms with Crippen molar-refractivity contribution in [2.75, 3.05) is 9.80 Å². The molecule has 44 heavy (non-hydrogen) atoms. The summed E-state index contributed by atoms with van der Waals surface area (Å²) in [5, 5.41) is 0. The van der Waals surface area contributed by atoms with E-state index in [0.717, 1.165) is 34.1 Å². The summed E-state index contributed by atoms with van der Waals surface area (Å²) >= 11 is 3.72. The molecule has 1 aliphatic rings. The molecule has 7 rings (SSSR count). The van der Waals surface area contributed by atoms with Gasteiger partial charge in [-0.3, -0.25) is 0 Å². The van der Waals surface area contributed by atoms with Crippen molar-refractivity contribution in [1.82, 2.24) is 0 Å². The van der Waals surface area contributed by atoms with E-state index in [2.05, 4.69) is 171 Å². The van der Waals surface area contributed by atoms with Gasteiger partial charge in [0.2, 0.25) is 0 Å². The first-order valence-corrected chi connectivity index (χ1v) is 16.6. The molecule has 6 aromatic rings. The van der Waals surface area contributed by atoms with E-state index < -0.39 is 0 Å². The summed E-state index contributed by atoms with van der Waals surface area (Å²) in [6, 6.07) is 48.9. The maximum atomic E-state index is 2.35. The van der Waals surface area contributed by atoms with Crippen LogP contribution in [0.1, 0.15) is 22.3 Å². The Bertz CT molecular complexity index is 1690. The lowest BCUT2D eigenvalue weighted by Gasteiger charge is -2.29. The summed E-state index contributed by atoms with van der Waals surface area (Å²) in [5.41, 5.74) is 12.0. The summed E-state index contributed by atoms with van der Waals surface area (Å²) < 4.78 is 0. The third-order valence-electron chi connectivity index (χ3n) is 7.98. The molecule has 0 unspecified atom stereocenters. The van der Waals surface area contributed by atoms with E-state index in [1.807, 2.05) is 23.5 Å². The van der Waals surface area contributed by atoms with Crippen LogP contribution in [0.4, 0.5) is 34.1 Å². The monoisotopic (exact) mass is 606 g/mol. The summed E-state index contributed by atoms with van der Waals surface area (Å²) in [6.07, 6.45) is 0. The van der Waals surface area contributed by atoms with E-state index in [9.17, 15) is 0 Å². The molecule has 0 N–H and O–H groups in total. The molecular formula is C40H34N2S2. The third kappa shape index (κ3) is 5.76. The van der Waals surface area contributed by atoms with Gasteiger partial charge in [-0.15, -0.1) is 0 Å². The first kappa shape index (κ1) is 28.4. The predicted octanol–water partition coefficient (Wildman–Crippen LogP) is 12.5. The molecule has 0 spiro atoms. The zero-order valence-corrected chi connectivity index (χ0v) is 27.0. The number of benzene rings is 6. The van der Waals surface area contributed by atoms with E-state index in [0.29, 0.717) is 0 Å². The first-order chi connectivity index (χ1) is 21.4. The van der Waals surface area contributed by atoms with Gasteiger partial charge in [0.25, 0.3) is 0 Å². The highest BCUT2D eigenvalue weighted by molar-refractivity contribution is 8.05. The van der Waals surface area contributed by atoms with Crippen LogP contribution in [0.3, 0.4) is 0 Å². The lowest BCUT2D eigenvalue weighted by molar-refractivity contribution is 1.13. The Balaban J connectivity index is 1.24. The molecule has 0 saturated carbocycles. The number of rotatable bonds is 6. The molecule has 1 heterocycles. The van der Waals surface area contributed by atoms with Gasteiger partial charge in [-0.25, -0.2) is 0 Å². The Hall–Kier alpha value is -4.38. The number of nitrogens with zero attached hydrogens (tertiary/aromatic N) is 2. The van der Waals surface area contributed by atoms with Gasteiger partial charge < -0.3 is 9.80 Å². The first-order valence-electron chi connectivity index (χ1n) is 14.9. The highest BCUT2D eigenvalue weighted by Gasteiger charge is 2.22. The quantitative estimate of drug-likeness (QED) is 0.186. The Labute approximate surface area is 269 Å². The van der Waals surface area contributed by atoms with Crippen molar-refractivity contribution in [2.24, 2.45) is 0 Å². The number of fused-ring (bicyclic) bond motifs is 2. The fourth-order valence-corrected chi connectivity index (χ4v) is 7.77. The maximum absolute atomic E-state index is 2.35. The van der Waals surface area contributed by atoms with E-state index in [4.69, 9.17) is 0 Å². The molecule has 4 heteroatoms. The average molecular weight is 607 g/mol. The summed E-state index contributed by atoms with van der Waals surface area (Å²) in [7, 11) is 0. The van der Waals surface area contributed by atoms with E-state index in [-0.39, 0.29) is 0 Å². The van der Waals surface area contributed by atoms with Crippen LogP contribution in [0.5, 0.6) is 0 Å². The van der Waals surface area contributed by atoms with Gasteiger partial charge in [-0.1, -0.05) is 94.3 Å². The fraction of sp³-hybridized carbons (Fsp3) is 0.100. The molecule has 0 radical (unpaired) electrons. The standard InChI is InChI=1S/C40H34N2S2/c1-27-5-13-31(14-6-27)41(32-15-7-28(2)8-16-32)35-21-23-37-39(25-35)43-38-24-22-36(26-40(38)44-37)42(33-17-9-29(3)10-18-33)34-19-11-30(4)12-20-34/h5-26H,1-4H3. The minimum atomic E-state index is 1.16. The van der Waals surface area contributed by atoms with E-state index in [1.54, 1.807) is 0 Å². The second-order valence-electron chi connectivity index (χ2n) is 11.5. The molecule has 216 valence electrons. The molecule has 0 aromatic heterocycles. The Morgan fingerprint density at radius 3 is 0.818 bits per heavy atom. The summed E-state index contributed by atoms with van der Waals surface area (Å²) in [5.74, 6) is 0. The lowest BCUT2D eigenvalue weighted by atomic mass is 10.1. The Morgan fingerprint density at radius 2 is 0.545 bits per heavy atom. The number of hydrogen-bond acceptors (Lipinski definition) is 4. The van der Waals surface area contributed by atoms with Crippen molar-refractivity contribution in [2.45, 2.75) is 47.3 Å². The van der Waals surface area contributed by atoms with Crippen molar-refractivity contribution in [1.29, 1.82) is 0 Å². The molecule has 6 aromatic carbocycles. The highest BCUT2D eigenvalue weighted by atomic mass is 32.2. The van der Waals surface area contributed by atoms with Crippen LogP contribution in [0.15, 0.2) is 153 Å². The largest absolute Gasteiger partial charge is 0.310 e. The van der Waals surface area contributed by atoms with E-state index in [1.165, 1.54) is 41.8 Å². The van der Waals surface area contributed by atoms with Gasteiger partial charge in [0.15, 0.2) is 0 Å². The Morgan fingerprint density at radius 1 is 0.295 bits per heavy atom. The van der Waals surface area contributed by atoms with Crippen LogP contribution < -0.4 is 9.80 Å². The van der Waals surface area contributed by atoms with E-state index >= 15 is 0 Å². The zero-order valence-electron chi connectivity index (χ0n) is 25.4. The maximum Gasteiger partial charge on any atom is 0.0473 e. The van der Waals surface area contributed by atoms with Crippen molar-refractivity contribution >= 4 is 57.6 Å². The second-order valence-corrected chi connectivity index (χ2v) is 13.6. The van der Waals surface area contributed by atoms with Gasteiger partial charge in [-0.05, 0) is 113 Å². The van der Waals surface area contributed by atoms with Gasteiger partial charge in [0.05, 0.1) is 0 Å². The van der Waals surface area contributed by atoms with Crippen LogP contribution in [0, 0.1) is 27.7 Å². The predicted molar refractivity (Wildman–Crippen MR) is 189 cm³/mol. The van der Waals surface area contributed by atoms with Crippen molar-refractivity contribution in [3.63, 3.8) is 0 Å². The molecule has 1 aliphatic heterocycles. The van der Waals surface area contributed by atoms with Gasteiger partial charge >= 0.3 is 0 Å². The topological polar surface area (TPSA) is 6.48 Å². The third-order valence-corrected chi connectivity index (χ3v) is 10.5. The van der Waals surface area contributed by atoms with Crippen LogP contribution in [-0.4, -0.2) is 0 Å². The Kier molecular flexibility index (Phi) is 7.71. The van der Waals surface area contributed by atoms with Gasteiger partial charge in [0.1, 0.15) is 0 Å². The molecule has 0 bridgehead atoms. The van der Waals surface area contributed by atoms with Crippen molar-refractivity contribution < 1.29 is 0 Å². The minimum absolute atomic E-state index is 1.16.